The molecule has 1 aromatic heterocycles. The van der Waals surface area contributed by atoms with E-state index in [2.05, 4.69) is 0 Å². The molecule has 0 aromatic carbocycles. The van der Waals surface area contributed by atoms with Crippen LogP contribution in [0.3, 0.4) is 0 Å². The van der Waals surface area contributed by atoms with Crippen molar-refractivity contribution in [3.63, 3.8) is 0 Å². The average Bonchev–Trinajstić information content (AvgIpc) is 1.99. The second-order valence-electron chi connectivity index (χ2n) is 2.52. The molecule has 72 valence electrons. The Morgan fingerprint density at radius 2 is 2.00 bits per heavy atom. The highest BCUT2D eigenvalue weighted by Crippen LogP contribution is 2.01. The van der Waals surface area contributed by atoms with E-state index in [-0.39, 0.29) is 0 Å². The van der Waals surface area contributed by atoms with Gasteiger partial charge in [-0.3, -0.25) is 9.78 Å². The second kappa shape index (κ2) is 3.21. The normalized spacial score (nSPS) is 10.2. The van der Waals surface area contributed by atoms with Crippen LogP contribution in [0.25, 0.3) is 0 Å². The summed E-state index contributed by atoms with van der Waals surface area (Å²) in [5, 5.41) is 0.578. The van der Waals surface area contributed by atoms with Crippen molar-refractivity contribution in [1.29, 1.82) is 0 Å². The molecular formula is C6H7ClFN3O2. The van der Waals surface area contributed by atoms with Gasteiger partial charge in [-0.25, -0.2) is 4.79 Å². The standard InChI is InChI=1S/C6H7ClFN3O2/c1-10(2)11-5(12)3(8)4(7)9-6(11)13/h1-2H3,(H,9,13). The largest absolute Gasteiger partial charge is 0.348 e. The molecule has 1 N–H and O–H groups in total. The number of hydrogen-bond acceptors (Lipinski definition) is 3. The number of aromatic amines is 1. The number of H-pyrrole nitrogens is 1. The van der Waals surface area contributed by atoms with Crippen LogP contribution < -0.4 is 16.3 Å². The van der Waals surface area contributed by atoms with Gasteiger partial charge in [0.25, 0.3) is 0 Å². The Morgan fingerprint density at radius 1 is 1.46 bits per heavy atom. The third kappa shape index (κ3) is 1.57. The van der Waals surface area contributed by atoms with Crippen LogP contribution in [0, 0.1) is 5.82 Å². The molecule has 0 atom stereocenters. The minimum Gasteiger partial charge on any atom is -0.312 e. The first-order valence-electron chi connectivity index (χ1n) is 3.33. The van der Waals surface area contributed by atoms with Crippen molar-refractivity contribution in [3.05, 3.63) is 31.8 Å². The molecule has 5 nitrogen and oxygen atoms in total. The molecule has 1 rings (SSSR count). The minimum atomic E-state index is -1.17. The van der Waals surface area contributed by atoms with Crippen molar-refractivity contribution in [1.82, 2.24) is 9.66 Å². The van der Waals surface area contributed by atoms with E-state index >= 15 is 0 Å². The number of nitrogens with one attached hydrogen (secondary N) is 1. The molecule has 0 unspecified atom stereocenters. The molecule has 1 heterocycles. The summed E-state index contributed by atoms with van der Waals surface area (Å²) in [7, 11) is 2.87. The lowest BCUT2D eigenvalue weighted by molar-refractivity contribution is 0.546. The topological polar surface area (TPSA) is 58.1 Å². The highest BCUT2D eigenvalue weighted by Gasteiger charge is 2.12. The van der Waals surface area contributed by atoms with E-state index in [1.165, 1.54) is 14.1 Å². The molecule has 0 aliphatic carbocycles. The van der Waals surface area contributed by atoms with Gasteiger partial charge in [0.15, 0.2) is 5.15 Å². The summed E-state index contributed by atoms with van der Waals surface area (Å²) in [6.07, 6.45) is 0. The molecule has 0 radical (unpaired) electrons. The van der Waals surface area contributed by atoms with E-state index < -0.39 is 22.2 Å². The van der Waals surface area contributed by atoms with Gasteiger partial charge in [0, 0.05) is 14.1 Å². The monoisotopic (exact) mass is 207 g/mol. The van der Waals surface area contributed by atoms with Crippen molar-refractivity contribution in [3.8, 4) is 0 Å². The van der Waals surface area contributed by atoms with Gasteiger partial charge in [0.2, 0.25) is 5.82 Å². The summed E-state index contributed by atoms with van der Waals surface area (Å²) in [5.74, 6) is -1.17. The van der Waals surface area contributed by atoms with Crippen LogP contribution in [-0.2, 0) is 0 Å². The third-order valence-electron chi connectivity index (χ3n) is 1.38. The summed E-state index contributed by atoms with van der Waals surface area (Å²) < 4.78 is 13.5. The molecule has 0 aliphatic rings. The summed E-state index contributed by atoms with van der Waals surface area (Å²) >= 11 is 5.23. The molecule has 0 saturated heterocycles. The van der Waals surface area contributed by atoms with E-state index in [1.54, 1.807) is 0 Å². The Balaban J connectivity index is 3.64. The fourth-order valence-corrected chi connectivity index (χ4v) is 1.01. The van der Waals surface area contributed by atoms with Gasteiger partial charge in [0.1, 0.15) is 0 Å². The van der Waals surface area contributed by atoms with Crippen LogP contribution in [-0.4, -0.2) is 23.8 Å². The van der Waals surface area contributed by atoms with Crippen LogP contribution >= 0.6 is 11.6 Å². The van der Waals surface area contributed by atoms with Gasteiger partial charge in [-0.15, -0.1) is 0 Å². The zero-order valence-electron chi connectivity index (χ0n) is 6.97. The fraction of sp³-hybridized carbons (Fsp3) is 0.333. The van der Waals surface area contributed by atoms with Crippen molar-refractivity contribution < 1.29 is 4.39 Å². The van der Waals surface area contributed by atoms with Crippen LogP contribution in [0.15, 0.2) is 9.59 Å². The number of hydrogen-bond donors (Lipinski definition) is 1. The van der Waals surface area contributed by atoms with Crippen molar-refractivity contribution in [2.24, 2.45) is 0 Å². The highest BCUT2D eigenvalue weighted by molar-refractivity contribution is 6.29. The van der Waals surface area contributed by atoms with Crippen LogP contribution in [0.2, 0.25) is 5.15 Å². The second-order valence-corrected chi connectivity index (χ2v) is 2.90. The lowest BCUT2D eigenvalue weighted by Gasteiger charge is -2.13. The Bertz CT molecular complexity index is 436. The maximum absolute atomic E-state index is 12.9. The van der Waals surface area contributed by atoms with Crippen molar-refractivity contribution >= 4 is 11.6 Å². The summed E-state index contributed by atoms with van der Waals surface area (Å²) in [6.45, 7) is 0. The fourth-order valence-electron chi connectivity index (χ4n) is 0.844. The van der Waals surface area contributed by atoms with Gasteiger partial charge in [-0.2, -0.15) is 9.07 Å². The number of rotatable bonds is 1. The van der Waals surface area contributed by atoms with Crippen LogP contribution in [0.5, 0.6) is 0 Å². The van der Waals surface area contributed by atoms with Gasteiger partial charge >= 0.3 is 11.2 Å². The quantitative estimate of drug-likeness (QED) is 0.634. The zero-order valence-corrected chi connectivity index (χ0v) is 7.72. The van der Waals surface area contributed by atoms with Gasteiger partial charge < -0.3 is 5.01 Å². The lowest BCUT2D eigenvalue weighted by Crippen LogP contribution is -2.47. The summed E-state index contributed by atoms with van der Waals surface area (Å²) in [5.41, 5.74) is -1.85. The summed E-state index contributed by atoms with van der Waals surface area (Å²) in [4.78, 5) is 24.1. The van der Waals surface area contributed by atoms with E-state index in [4.69, 9.17) is 11.6 Å². The minimum absolute atomic E-state index is 0.576. The smallest absolute Gasteiger partial charge is 0.312 e. The molecule has 1 aromatic rings. The lowest BCUT2D eigenvalue weighted by atomic mass is 10.6. The molecule has 7 heteroatoms. The molecule has 13 heavy (non-hydrogen) atoms. The Kier molecular flexibility index (Phi) is 2.42. The van der Waals surface area contributed by atoms with Crippen LogP contribution in [0.4, 0.5) is 4.39 Å². The third-order valence-corrected chi connectivity index (χ3v) is 1.64. The van der Waals surface area contributed by atoms with E-state index in [0.29, 0.717) is 4.68 Å². The molecule has 0 spiro atoms. The van der Waals surface area contributed by atoms with E-state index in [9.17, 15) is 14.0 Å². The first-order chi connectivity index (χ1) is 5.95. The molecule has 0 amide bonds. The van der Waals surface area contributed by atoms with Gasteiger partial charge in [-0.1, -0.05) is 11.6 Å². The predicted octanol–water partition coefficient (Wildman–Crippen LogP) is -0.473. The summed E-state index contributed by atoms with van der Waals surface area (Å²) in [6, 6.07) is 0. The van der Waals surface area contributed by atoms with Gasteiger partial charge in [-0.05, 0) is 0 Å². The molecule has 0 bridgehead atoms. The first-order valence-corrected chi connectivity index (χ1v) is 3.71. The van der Waals surface area contributed by atoms with Crippen molar-refractivity contribution in [2.75, 3.05) is 19.1 Å². The maximum atomic E-state index is 12.9. The van der Waals surface area contributed by atoms with Crippen molar-refractivity contribution in [2.45, 2.75) is 0 Å². The number of aromatic nitrogens is 2. The number of nitrogens with zero attached hydrogens (tertiary/aromatic N) is 2. The molecule has 0 fully saturated rings. The van der Waals surface area contributed by atoms with E-state index in [1.807, 2.05) is 4.98 Å². The van der Waals surface area contributed by atoms with E-state index in [0.717, 1.165) is 5.01 Å². The average molecular weight is 208 g/mol. The van der Waals surface area contributed by atoms with Gasteiger partial charge in [0.05, 0.1) is 0 Å². The molecule has 0 aliphatic heterocycles. The zero-order chi connectivity index (χ0) is 10.2. The maximum Gasteiger partial charge on any atom is 0.348 e. The predicted molar refractivity (Wildman–Crippen MR) is 46.4 cm³/mol. The first kappa shape index (κ1) is 9.79. The molecular weight excluding hydrogens is 201 g/mol. The Morgan fingerprint density at radius 3 is 2.46 bits per heavy atom. The van der Waals surface area contributed by atoms with Crippen LogP contribution in [0.1, 0.15) is 0 Å². The number of halogens is 2. The Hall–Kier alpha value is -1.30. The SMILES string of the molecule is CN(C)n1c(=O)[nH]c(Cl)c(F)c1=O. The Labute approximate surface area is 77.3 Å². The molecule has 0 saturated carbocycles. The highest BCUT2D eigenvalue weighted by atomic mass is 35.5.